The number of nitrogens with one attached hydrogen (secondary N) is 1. The van der Waals surface area contributed by atoms with E-state index in [1.54, 1.807) is 18.3 Å². The van der Waals surface area contributed by atoms with Crippen molar-refractivity contribution in [3.8, 4) is 0 Å². The Kier molecular flexibility index (Phi) is 5.19. The van der Waals surface area contributed by atoms with Crippen molar-refractivity contribution in [2.24, 2.45) is 0 Å². The number of carbonyl (C=O) groups is 2. The maximum atomic E-state index is 12.8. The van der Waals surface area contributed by atoms with Crippen molar-refractivity contribution in [3.63, 3.8) is 0 Å². The minimum absolute atomic E-state index is 0.0940. The molecule has 1 heterocycles. The highest BCUT2D eigenvalue weighted by molar-refractivity contribution is 5.94. The summed E-state index contributed by atoms with van der Waals surface area (Å²) >= 11 is 0. The van der Waals surface area contributed by atoms with Gasteiger partial charge in [-0.15, -0.1) is 0 Å². The standard InChI is InChI=1S/C16H16FN3O2/c1-12(21)20(10-15-4-2-3-9-18-15)11-16(22)19-14-7-5-13(17)6-8-14/h2-9H,10-11H2,1H3,(H,19,22). The summed E-state index contributed by atoms with van der Waals surface area (Å²) in [5.74, 6) is -0.948. The van der Waals surface area contributed by atoms with Crippen LogP contribution in [0.1, 0.15) is 12.6 Å². The number of aromatic nitrogens is 1. The predicted octanol–water partition coefficient (Wildman–Crippen LogP) is 2.21. The maximum Gasteiger partial charge on any atom is 0.244 e. The second-order valence-electron chi connectivity index (χ2n) is 4.75. The van der Waals surface area contributed by atoms with E-state index in [9.17, 15) is 14.0 Å². The van der Waals surface area contributed by atoms with E-state index in [0.29, 0.717) is 11.4 Å². The van der Waals surface area contributed by atoms with Crippen molar-refractivity contribution >= 4 is 17.5 Å². The Morgan fingerprint density at radius 3 is 2.50 bits per heavy atom. The van der Waals surface area contributed by atoms with Crippen LogP contribution in [0.15, 0.2) is 48.7 Å². The molecule has 1 aromatic heterocycles. The lowest BCUT2D eigenvalue weighted by Crippen LogP contribution is -2.36. The lowest BCUT2D eigenvalue weighted by atomic mass is 10.3. The summed E-state index contributed by atoms with van der Waals surface area (Å²) in [4.78, 5) is 29.2. The molecule has 0 atom stereocenters. The molecular formula is C16H16FN3O2. The van der Waals surface area contributed by atoms with Crippen LogP contribution in [0.2, 0.25) is 0 Å². The van der Waals surface area contributed by atoms with Gasteiger partial charge in [0, 0.05) is 18.8 Å². The summed E-state index contributed by atoms with van der Waals surface area (Å²) in [5, 5.41) is 2.62. The summed E-state index contributed by atoms with van der Waals surface area (Å²) in [6.45, 7) is 1.56. The summed E-state index contributed by atoms with van der Waals surface area (Å²) < 4.78 is 12.8. The maximum absolute atomic E-state index is 12.8. The van der Waals surface area contributed by atoms with Gasteiger partial charge in [0.25, 0.3) is 0 Å². The first kappa shape index (κ1) is 15.6. The zero-order chi connectivity index (χ0) is 15.9. The van der Waals surface area contributed by atoms with E-state index >= 15 is 0 Å². The molecule has 0 aliphatic heterocycles. The fourth-order valence-electron chi connectivity index (χ4n) is 1.87. The highest BCUT2D eigenvalue weighted by Gasteiger charge is 2.14. The van der Waals surface area contributed by atoms with Crippen LogP contribution < -0.4 is 5.32 Å². The number of benzene rings is 1. The molecule has 0 aliphatic rings. The average molecular weight is 301 g/mol. The van der Waals surface area contributed by atoms with Gasteiger partial charge in [-0.3, -0.25) is 14.6 Å². The third kappa shape index (κ3) is 4.66. The van der Waals surface area contributed by atoms with Gasteiger partial charge >= 0.3 is 0 Å². The van der Waals surface area contributed by atoms with Crippen molar-refractivity contribution in [1.82, 2.24) is 9.88 Å². The predicted molar refractivity (Wildman–Crippen MR) is 80.4 cm³/mol. The van der Waals surface area contributed by atoms with Gasteiger partial charge in [-0.2, -0.15) is 0 Å². The van der Waals surface area contributed by atoms with E-state index in [-0.39, 0.29) is 30.7 Å². The van der Waals surface area contributed by atoms with Gasteiger partial charge in [0.2, 0.25) is 11.8 Å². The molecule has 1 aromatic carbocycles. The number of hydrogen-bond acceptors (Lipinski definition) is 3. The topological polar surface area (TPSA) is 62.3 Å². The Balaban J connectivity index is 1.97. The van der Waals surface area contributed by atoms with Gasteiger partial charge < -0.3 is 10.2 Å². The van der Waals surface area contributed by atoms with Gasteiger partial charge in [0.1, 0.15) is 12.4 Å². The molecule has 0 aliphatic carbocycles. The molecular weight excluding hydrogens is 285 g/mol. The largest absolute Gasteiger partial charge is 0.328 e. The SMILES string of the molecule is CC(=O)N(CC(=O)Nc1ccc(F)cc1)Cc1ccccn1. The fraction of sp³-hybridized carbons (Fsp3) is 0.188. The van der Waals surface area contributed by atoms with Gasteiger partial charge in [-0.05, 0) is 36.4 Å². The molecule has 6 heteroatoms. The summed E-state index contributed by atoms with van der Waals surface area (Å²) in [6, 6.07) is 10.8. The number of hydrogen-bond donors (Lipinski definition) is 1. The number of nitrogens with zero attached hydrogens (tertiary/aromatic N) is 2. The van der Waals surface area contributed by atoms with E-state index in [4.69, 9.17) is 0 Å². The van der Waals surface area contributed by atoms with Gasteiger partial charge in [-0.25, -0.2) is 4.39 Å². The van der Waals surface area contributed by atoms with Crippen LogP contribution in [0, 0.1) is 5.82 Å². The summed E-state index contributed by atoms with van der Waals surface area (Å²) in [7, 11) is 0. The molecule has 2 aromatic rings. The first-order valence-corrected chi connectivity index (χ1v) is 6.75. The first-order valence-electron chi connectivity index (χ1n) is 6.75. The monoisotopic (exact) mass is 301 g/mol. The van der Waals surface area contributed by atoms with Crippen LogP contribution in [0.5, 0.6) is 0 Å². The van der Waals surface area contributed by atoms with Crippen molar-refractivity contribution in [3.05, 3.63) is 60.2 Å². The lowest BCUT2D eigenvalue weighted by Gasteiger charge is -2.20. The van der Waals surface area contributed by atoms with Gasteiger partial charge in [0.05, 0.1) is 12.2 Å². The number of carbonyl (C=O) groups excluding carboxylic acids is 2. The van der Waals surface area contributed by atoms with Crippen molar-refractivity contribution in [1.29, 1.82) is 0 Å². The molecule has 1 N–H and O–H groups in total. The molecule has 0 fully saturated rings. The first-order chi connectivity index (χ1) is 10.5. The molecule has 22 heavy (non-hydrogen) atoms. The number of halogens is 1. The minimum Gasteiger partial charge on any atom is -0.328 e. The fourth-order valence-corrected chi connectivity index (χ4v) is 1.87. The Morgan fingerprint density at radius 1 is 1.18 bits per heavy atom. The van der Waals surface area contributed by atoms with Crippen LogP contribution >= 0.6 is 0 Å². The van der Waals surface area contributed by atoms with Crippen LogP contribution in [0.3, 0.4) is 0 Å². The number of anilines is 1. The normalized spacial score (nSPS) is 10.1. The molecule has 114 valence electrons. The average Bonchev–Trinajstić information content (AvgIpc) is 2.50. The van der Waals surface area contributed by atoms with E-state index in [1.807, 2.05) is 6.07 Å². The van der Waals surface area contributed by atoms with Crippen LogP contribution in [-0.4, -0.2) is 28.2 Å². The van der Waals surface area contributed by atoms with E-state index in [1.165, 1.54) is 36.1 Å². The van der Waals surface area contributed by atoms with Crippen molar-refractivity contribution in [2.45, 2.75) is 13.5 Å². The molecule has 2 amide bonds. The Labute approximate surface area is 127 Å². The minimum atomic E-state index is -0.376. The highest BCUT2D eigenvalue weighted by Crippen LogP contribution is 2.09. The molecule has 0 unspecified atom stereocenters. The zero-order valence-electron chi connectivity index (χ0n) is 12.1. The Bertz CT molecular complexity index is 644. The summed E-state index contributed by atoms with van der Waals surface area (Å²) in [5.41, 5.74) is 1.18. The third-order valence-electron chi connectivity index (χ3n) is 2.99. The van der Waals surface area contributed by atoms with Gasteiger partial charge in [-0.1, -0.05) is 6.07 Å². The number of amides is 2. The molecule has 0 saturated carbocycles. The molecule has 5 nitrogen and oxygen atoms in total. The smallest absolute Gasteiger partial charge is 0.244 e. The Morgan fingerprint density at radius 2 is 1.91 bits per heavy atom. The highest BCUT2D eigenvalue weighted by atomic mass is 19.1. The van der Waals surface area contributed by atoms with Crippen molar-refractivity contribution in [2.75, 3.05) is 11.9 Å². The van der Waals surface area contributed by atoms with Crippen LogP contribution in [0.4, 0.5) is 10.1 Å². The second kappa shape index (κ2) is 7.31. The molecule has 0 spiro atoms. The molecule has 2 rings (SSSR count). The van der Waals surface area contributed by atoms with Gasteiger partial charge in [0.15, 0.2) is 0 Å². The Hall–Kier alpha value is -2.76. The quantitative estimate of drug-likeness (QED) is 0.921. The van der Waals surface area contributed by atoms with Crippen LogP contribution in [0.25, 0.3) is 0 Å². The van der Waals surface area contributed by atoms with E-state index in [0.717, 1.165) is 0 Å². The summed E-state index contributed by atoms with van der Waals surface area (Å²) in [6.07, 6.45) is 1.63. The zero-order valence-corrected chi connectivity index (χ0v) is 12.1. The van der Waals surface area contributed by atoms with Crippen molar-refractivity contribution < 1.29 is 14.0 Å². The molecule has 0 radical (unpaired) electrons. The number of rotatable bonds is 5. The second-order valence-corrected chi connectivity index (χ2v) is 4.75. The molecule has 0 bridgehead atoms. The van der Waals surface area contributed by atoms with E-state index < -0.39 is 0 Å². The third-order valence-corrected chi connectivity index (χ3v) is 2.99. The molecule has 0 saturated heterocycles. The lowest BCUT2D eigenvalue weighted by molar-refractivity contribution is -0.133. The number of pyridine rings is 1. The van der Waals surface area contributed by atoms with Crippen LogP contribution in [-0.2, 0) is 16.1 Å². The van der Waals surface area contributed by atoms with E-state index in [2.05, 4.69) is 10.3 Å².